The fourth-order valence-electron chi connectivity index (χ4n) is 1.73. The number of para-hydroxylation sites is 1. The first-order chi connectivity index (χ1) is 7.11. The van der Waals surface area contributed by atoms with E-state index in [0.29, 0.717) is 11.3 Å². The highest BCUT2D eigenvalue weighted by Gasteiger charge is 2.29. The summed E-state index contributed by atoms with van der Waals surface area (Å²) in [4.78, 5) is 13.8. The smallest absolute Gasteiger partial charge is 0.257 e. The molecule has 2 unspecified atom stereocenters. The van der Waals surface area contributed by atoms with Crippen LogP contribution < -0.4 is 4.74 Å². The lowest BCUT2D eigenvalue weighted by molar-refractivity contribution is 0.0659. The Labute approximate surface area is 89.7 Å². The summed E-state index contributed by atoms with van der Waals surface area (Å²) in [6.45, 7) is 3.98. The van der Waals surface area contributed by atoms with E-state index in [2.05, 4.69) is 0 Å². The second kappa shape index (κ2) is 3.57. The van der Waals surface area contributed by atoms with Gasteiger partial charge < -0.3 is 9.64 Å². The number of benzene rings is 1. The van der Waals surface area contributed by atoms with Crippen LogP contribution in [0.25, 0.3) is 0 Å². The van der Waals surface area contributed by atoms with E-state index >= 15 is 0 Å². The number of fused-ring (bicyclic) bond motifs is 1. The third-order valence-corrected chi connectivity index (χ3v) is 3.04. The second-order valence-corrected chi connectivity index (χ2v) is 3.98. The largest absolute Gasteiger partial charge is 0.488 e. The molecule has 2 rings (SSSR count). The standard InChI is InChI=1S/C12H15NO2/c1-8-9(2)15-11-7-5-4-6-10(11)12(14)13(8)3/h4-9H,1-3H3. The van der Waals surface area contributed by atoms with Crippen LogP contribution in [0.3, 0.4) is 0 Å². The minimum Gasteiger partial charge on any atom is -0.488 e. The molecule has 0 saturated heterocycles. The Morgan fingerprint density at radius 2 is 1.93 bits per heavy atom. The Hall–Kier alpha value is -1.51. The van der Waals surface area contributed by atoms with Crippen LogP contribution in [0.4, 0.5) is 0 Å². The van der Waals surface area contributed by atoms with Gasteiger partial charge in [0.1, 0.15) is 11.9 Å². The highest BCUT2D eigenvalue weighted by molar-refractivity contribution is 5.97. The van der Waals surface area contributed by atoms with Crippen molar-refractivity contribution in [3.63, 3.8) is 0 Å². The molecule has 1 aliphatic heterocycles. The fraction of sp³-hybridized carbons (Fsp3) is 0.417. The van der Waals surface area contributed by atoms with Gasteiger partial charge in [0.25, 0.3) is 5.91 Å². The maximum Gasteiger partial charge on any atom is 0.257 e. The molecule has 0 aromatic heterocycles. The monoisotopic (exact) mass is 205 g/mol. The van der Waals surface area contributed by atoms with Crippen LogP contribution >= 0.6 is 0 Å². The van der Waals surface area contributed by atoms with Gasteiger partial charge in [-0.3, -0.25) is 4.79 Å². The van der Waals surface area contributed by atoms with E-state index in [1.165, 1.54) is 0 Å². The lowest BCUT2D eigenvalue weighted by atomic mass is 10.1. The van der Waals surface area contributed by atoms with E-state index < -0.39 is 0 Å². The molecule has 1 aromatic rings. The summed E-state index contributed by atoms with van der Waals surface area (Å²) >= 11 is 0. The van der Waals surface area contributed by atoms with Gasteiger partial charge in [-0.2, -0.15) is 0 Å². The van der Waals surface area contributed by atoms with Crippen molar-refractivity contribution in [3.8, 4) is 5.75 Å². The maximum atomic E-state index is 12.0. The van der Waals surface area contributed by atoms with E-state index in [0.717, 1.165) is 0 Å². The normalized spacial score (nSPS) is 25.5. The van der Waals surface area contributed by atoms with Crippen LogP contribution in [0, 0.1) is 0 Å². The predicted octanol–water partition coefficient (Wildman–Crippen LogP) is 1.93. The minimum absolute atomic E-state index is 0.0163. The Kier molecular flexibility index (Phi) is 2.39. The molecule has 1 aromatic carbocycles. The number of likely N-dealkylation sites (N-methyl/N-ethyl adjacent to an activating group) is 1. The number of amides is 1. The van der Waals surface area contributed by atoms with Crippen LogP contribution in [0.5, 0.6) is 5.75 Å². The molecule has 0 radical (unpaired) electrons. The first kappa shape index (κ1) is 10.0. The van der Waals surface area contributed by atoms with E-state index in [1.807, 2.05) is 39.1 Å². The van der Waals surface area contributed by atoms with Crippen molar-refractivity contribution in [2.75, 3.05) is 7.05 Å². The summed E-state index contributed by atoms with van der Waals surface area (Å²) in [7, 11) is 1.81. The molecule has 0 bridgehead atoms. The van der Waals surface area contributed by atoms with Gasteiger partial charge in [0.2, 0.25) is 0 Å². The van der Waals surface area contributed by atoms with Crippen molar-refractivity contribution >= 4 is 5.91 Å². The van der Waals surface area contributed by atoms with Crippen molar-refractivity contribution in [2.45, 2.75) is 26.0 Å². The number of nitrogens with zero attached hydrogens (tertiary/aromatic N) is 1. The fourth-order valence-corrected chi connectivity index (χ4v) is 1.73. The summed E-state index contributed by atoms with van der Waals surface area (Å²) in [5, 5.41) is 0. The van der Waals surface area contributed by atoms with Crippen molar-refractivity contribution in [2.24, 2.45) is 0 Å². The van der Waals surface area contributed by atoms with Gasteiger partial charge in [-0.05, 0) is 26.0 Å². The Morgan fingerprint density at radius 3 is 2.67 bits per heavy atom. The topological polar surface area (TPSA) is 29.5 Å². The average Bonchev–Trinajstić information content (AvgIpc) is 2.32. The zero-order chi connectivity index (χ0) is 11.0. The predicted molar refractivity (Wildman–Crippen MR) is 58.1 cm³/mol. The van der Waals surface area contributed by atoms with Crippen LogP contribution in [-0.2, 0) is 0 Å². The zero-order valence-electron chi connectivity index (χ0n) is 9.23. The van der Waals surface area contributed by atoms with Gasteiger partial charge in [0, 0.05) is 7.05 Å². The SMILES string of the molecule is CC1Oc2ccccc2C(=O)N(C)C1C. The van der Waals surface area contributed by atoms with Crippen molar-refractivity contribution < 1.29 is 9.53 Å². The van der Waals surface area contributed by atoms with E-state index in [4.69, 9.17) is 4.74 Å². The Bertz CT molecular complexity index is 389. The molecule has 3 nitrogen and oxygen atoms in total. The van der Waals surface area contributed by atoms with Gasteiger partial charge in [0.15, 0.2) is 0 Å². The highest BCUT2D eigenvalue weighted by Crippen LogP contribution is 2.26. The summed E-state index contributed by atoms with van der Waals surface area (Å²) in [6.07, 6.45) is 0.0163. The van der Waals surface area contributed by atoms with Gasteiger partial charge in [-0.1, -0.05) is 12.1 Å². The third-order valence-electron chi connectivity index (χ3n) is 3.04. The minimum atomic E-state index is 0.0163. The molecule has 2 atom stereocenters. The lowest BCUT2D eigenvalue weighted by Crippen LogP contribution is -2.41. The van der Waals surface area contributed by atoms with Crippen molar-refractivity contribution in [1.82, 2.24) is 4.90 Å². The number of carbonyl (C=O) groups is 1. The number of ether oxygens (including phenoxy) is 1. The molecular formula is C12H15NO2. The number of hydrogen-bond donors (Lipinski definition) is 0. The maximum absolute atomic E-state index is 12.0. The molecule has 3 heteroatoms. The number of carbonyl (C=O) groups excluding carboxylic acids is 1. The quantitative estimate of drug-likeness (QED) is 0.647. The molecule has 0 spiro atoms. The van der Waals surface area contributed by atoms with Crippen LogP contribution in [0.1, 0.15) is 24.2 Å². The molecule has 0 N–H and O–H groups in total. The summed E-state index contributed by atoms with van der Waals surface area (Å²) < 4.78 is 5.75. The summed E-state index contributed by atoms with van der Waals surface area (Å²) in [5.41, 5.74) is 0.649. The van der Waals surface area contributed by atoms with Gasteiger partial charge in [-0.15, -0.1) is 0 Å². The summed E-state index contributed by atoms with van der Waals surface area (Å²) in [6, 6.07) is 7.47. The summed E-state index contributed by atoms with van der Waals surface area (Å²) in [5.74, 6) is 0.716. The number of rotatable bonds is 0. The number of hydrogen-bond acceptors (Lipinski definition) is 2. The van der Waals surface area contributed by atoms with E-state index in [9.17, 15) is 4.79 Å². The zero-order valence-corrected chi connectivity index (χ0v) is 9.23. The van der Waals surface area contributed by atoms with Crippen molar-refractivity contribution in [3.05, 3.63) is 29.8 Å². The van der Waals surface area contributed by atoms with Gasteiger partial charge in [0.05, 0.1) is 11.6 Å². The lowest BCUT2D eigenvalue weighted by Gasteiger charge is -2.25. The molecule has 15 heavy (non-hydrogen) atoms. The molecule has 0 fully saturated rings. The average molecular weight is 205 g/mol. The van der Waals surface area contributed by atoms with E-state index in [1.54, 1.807) is 11.0 Å². The second-order valence-electron chi connectivity index (χ2n) is 3.98. The first-order valence-corrected chi connectivity index (χ1v) is 5.14. The van der Waals surface area contributed by atoms with Gasteiger partial charge in [-0.25, -0.2) is 0 Å². The van der Waals surface area contributed by atoms with Gasteiger partial charge >= 0.3 is 0 Å². The van der Waals surface area contributed by atoms with Crippen molar-refractivity contribution in [1.29, 1.82) is 0 Å². The van der Waals surface area contributed by atoms with Crippen LogP contribution in [0.2, 0.25) is 0 Å². The highest BCUT2D eigenvalue weighted by atomic mass is 16.5. The van der Waals surface area contributed by atoms with Crippen LogP contribution in [0.15, 0.2) is 24.3 Å². The third kappa shape index (κ3) is 1.58. The molecule has 1 heterocycles. The molecule has 1 amide bonds. The van der Waals surface area contributed by atoms with E-state index in [-0.39, 0.29) is 18.1 Å². The molecular weight excluding hydrogens is 190 g/mol. The molecule has 0 aliphatic carbocycles. The Balaban J connectivity index is 2.49. The molecule has 0 saturated carbocycles. The molecule has 80 valence electrons. The first-order valence-electron chi connectivity index (χ1n) is 5.14. The van der Waals surface area contributed by atoms with Crippen LogP contribution in [-0.4, -0.2) is 30.0 Å². The Morgan fingerprint density at radius 1 is 1.27 bits per heavy atom. The molecule has 1 aliphatic rings.